The van der Waals surface area contributed by atoms with Crippen molar-refractivity contribution in [2.45, 2.75) is 45.8 Å². The summed E-state index contributed by atoms with van der Waals surface area (Å²) in [4.78, 5) is 15.0. The number of likely N-dealkylation sites (tertiary alicyclic amines) is 1. The van der Waals surface area contributed by atoms with Gasteiger partial charge in [-0.25, -0.2) is 0 Å². The van der Waals surface area contributed by atoms with Crippen LogP contribution in [0.1, 0.15) is 48.1 Å². The maximum atomic E-state index is 12.6. The molecule has 2 aromatic rings. The number of fused-ring (bicyclic) bond motifs is 2. The molecule has 1 saturated heterocycles. The van der Waals surface area contributed by atoms with Gasteiger partial charge in [0.25, 0.3) is 0 Å². The minimum Gasteiger partial charge on any atom is -0.487 e. The van der Waals surface area contributed by atoms with Gasteiger partial charge in [-0.3, -0.25) is 9.69 Å². The van der Waals surface area contributed by atoms with Gasteiger partial charge in [0, 0.05) is 30.1 Å². The van der Waals surface area contributed by atoms with Gasteiger partial charge < -0.3 is 9.84 Å². The largest absolute Gasteiger partial charge is 0.487 e. The lowest BCUT2D eigenvalue weighted by molar-refractivity contribution is -0.112. The van der Waals surface area contributed by atoms with E-state index in [1.807, 2.05) is 24.3 Å². The average molecular weight is 392 g/mol. The van der Waals surface area contributed by atoms with Crippen molar-refractivity contribution in [3.63, 3.8) is 0 Å². The third kappa shape index (κ3) is 3.52. The molecule has 0 saturated carbocycles. The van der Waals surface area contributed by atoms with Crippen molar-refractivity contribution in [2.24, 2.45) is 0 Å². The maximum absolute atomic E-state index is 12.6. The van der Waals surface area contributed by atoms with E-state index in [2.05, 4.69) is 23.1 Å². The lowest BCUT2D eigenvalue weighted by atomic mass is 9.98. The van der Waals surface area contributed by atoms with Crippen molar-refractivity contribution in [1.82, 2.24) is 4.90 Å². The smallest absolute Gasteiger partial charge is 0.171 e. The molecule has 2 aromatic carbocycles. The van der Waals surface area contributed by atoms with Crippen LogP contribution in [0.25, 0.3) is 11.3 Å². The van der Waals surface area contributed by atoms with Gasteiger partial charge in [0.15, 0.2) is 5.78 Å². The molecule has 0 radical (unpaired) electrons. The van der Waals surface area contributed by atoms with Crippen molar-refractivity contribution in [3.05, 3.63) is 70.3 Å². The number of benzene rings is 2. The highest BCUT2D eigenvalue weighted by Gasteiger charge is 2.32. The van der Waals surface area contributed by atoms with E-state index in [1.54, 1.807) is 0 Å². The van der Waals surface area contributed by atoms with Crippen molar-refractivity contribution in [3.8, 4) is 0 Å². The van der Waals surface area contributed by atoms with Crippen molar-refractivity contribution >= 4 is 17.1 Å². The number of aliphatic hydroxyl groups is 1. The van der Waals surface area contributed by atoms with E-state index in [4.69, 9.17) is 4.74 Å². The molecule has 0 bridgehead atoms. The number of allylic oxidation sites excluding steroid dienone is 1. The fraction of sp³-hybridized carbons (Fsp3) is 0.400. The highest BCUT2D eigenvalue weighted by Crippen LogP contribution is 2.40. The number of rotatable bonds is 4. The van der Waals surface area contributed by atoms with Crippen LogP contribution >= 0.6 is 0 Å². The molecular formula is C25H29NO3. The van der Waals surface area contributed by atoms with Crippen molar-refractivity contribution < 1.29 is 14.6 Å². The van der Waals surface area contributed by atoms with Crippen LogP contribution in [0.3, 0.4) is 0 Å². The highest BCUT2D eigenvalue weighted by molar-refractivity contribution is 6.31. The molecule has 152 valence electrons. The molecule has 29 heavy (non-hydrogen) atoms. The molecule has 0 amide bonds. The second-order valence-corrected chi connectivity index (χ2v) is 8.01. The first-order chi connectivity index (χ1) is 13.7. The van der Waals surface area contributed by atoms with Gasteiger partial charge in [-0.2, -0.15) is 0 Å². The molecule has 1 aliphatic carbocycles. The monoisotopic (exact) mass is 391 g/mol. The summed E-state index contributed by atoms with van der Waals surface area (Å²) >= 11 is 0. The summed E-state index contributed by atoms with van der Waals surface area (Å²) in [6, 6.07) is 14.8. The highest BCUT2D eigenvalue weighted by atomic mass is 16.5. The van der Waals surface area contributed by atoms with E-state index < -0.39 is 0 Å². The van der Waals surface area contributed by atoms with Gasteiger partial charge in [-0.1, -0.05) is 49.9 Å². The van der Waals surface area contributed by atoms with Crippen LogP contribution in [0.5, 0.6) is 0 Å². The molecule has 3 aliphatic rings. The summed E-state index contributed by atoms with van der Waals surface area (Å²) < 4.78 is 6.02. The number of nitrogens with zero attached hydrogens (tertiary/aromatic N) is 1. The number of ketones is 1. The van der Waals surface area contributed by atoms with Gasteiger partial charge in [-0.15, -0.1) is 0 Å². The summed E-state index contributed by atoms with van der Waals surface area (Å²) in [5.41, 5.74) is 6.35. The fourth-order valence-electron chi connectivity index (χ4n) is 4.83. The van der Waals surface area contributed by atoms with Gasteiger partial charge in [0.05, 0.1) is 12.2 Å². The molecule has 2 aliphatic heterocycles. The Balaban J connectivity index is 0.00000205. The Morgan fingerprint density at radius 3 is 2.83 bits per heavy atom. The van der Waals surface area contributed by atoms with Crippen LogP contribution in [0.15, 0.2) is 42.5 Å². The Morgan fingerprint density at radius 1 is 1.10 bits per heavy atom. The predicted octanol–water partition coefficient (Wildman–Crippen LogP) is 3.85. The molecule has 0 spiro atoms. The van der Waals surface area contributed by atoms with Crippen LogP contribution in [0, 0.1) is 0 Å². The summed E-state index contributed by atoms with van der Waals surface area (Å²) in [6.45, 7) is 2.84. The summed E-state index contributed by atoms with van der Waals surface area (Å²) in [5, 5.41) is 9.49. The van der Waals surface area contributed by atoms with Gasteiger partial charge in [-0.05, 0) is 42.5 Å². The minimum absolute atomic E-state index is 0. The number of aliphatic hydroxyl groups excluding tert-OH is 1. The zero-order chi connectivity index (χ0) is 19.1. The molecule has 1 fully saturated rings. The van der Waals surface area contributed by atoms with E-state index in [-0.39, 0.29) is 19.8 Å². The Hall–Kier alpha value is -2.43. The molecular weight excluding hydrogens is 362 g/mol. The quantitative estimate of drug-likeness (QED) is 0.805. The van der Waals surface area contributed by atoms with Crippen molar-refractivity contribution in [2.75, 3.05) is 19.7 Å². The first-order valence-corrected chi connectivity index (χ1v) is 10.2. The molecule has 5 rings (SSSR count). The Kier molecular flexibility index (Phi) is 5.57. The van der Waals surface area contributed by atoms with Crippen LogP contribution in [-0.2, 0) is 29.0 Å². The Labute approximate surface area is 172 Å². The molecule has 0 aromatic heterocycles. The fourth-order valence-corrected chi connectivity index (χ4v) is 4.83. The van der Waals surface area contributed by atoms with Crippen LogP contribution < -0.4 is 0 Å². The zero-order valence-corrected chi connectivity index (χ0v) is 16.0. The molecule has 4 nitrogen and oxygen atoms in total. The standard InChI is InChI=1S/C24H25NO3.CH4/c26-14-19-5-3-10-25(19)11-9-16-7-8-21-18(12-16)15-28-24(21)23-20-6-2-1-4-17(20)13-22(23)27;/h1-2,4,6-8,12,19,26H,3,5,9-11,13-15H2;1H4/b24-23+;/t19-;/m0./s1. The number of Topliss-reactive ketones (excluding diaryl/α,β-unsaturated/α-hetero) is 1. The predicted molar refractivity (Wildman–Crippen MR) is 115 cm³/mol. The van der Waals surface area contributed by atoms with Gasteiger partial charge >= 0.3 is 0 Å². The maximum Gasteiger partial charge on any atom is 0.171 e. The third-order valence-electron chi connectivity index (χ3n) is 6.33. The zero-order valence-electron chi connectivity index (χ0n) is 16.0. The summed E-state index contributed by atoms with van der Waals surface area (Å²) in [5.74, 6) is 0.897. The van der Waals surface area contributed by atoms with Crippen molar-refractivity contribution in [1.29, 1.82) is 0 Å². The Morgan fingerprint density at radius 2 is 1.97 bits per heavy atom. The van der Waals surface area contributed by atoms with E-state index in [0.29, 0.717) is 19.1 Å². The Bertz CT molecular complexity index is 962. The van der Waals surface area contributed by atoms with E-state index in [9.17, 15) is 9.90 Å². The van der Waals surface area contributed by atoms with Crippen LogP contribution in [-0.4, -0.2) is 41.5 Å². The third-order valence-corrected chi connectivity index (χ3v) is 6.33. The number of hydrogen-bond donors (Lipinski definition) is 1. The normalized spacial score (nSPS) is 22.9. The van der Waals surface area contributed by atoms with Gasteiger partial charge in [0.2, 0.25) is 0 Å². The molecule has 0 unspecified atom stereocenters. The van der Waals surface area contributed by atoms with Gasteiger partial charge in [0.1, 0.15) is 12.4 Å². The van der Waals surface area contributed by atoms with Crippen LogP contribution in [0.4, 0.5) is 0 Å². The topological polar surface area (TPSA) is 49.8 Å². The second-order valence-electron chi connectivity index (χ2n) is 8.01. The first kappa shape index (κ1) is 19.9. The molecule has 1 atom stereocenters. The first-order valence-electron chi connectivity index (χ1n) is 10.2. The average Bonchev–Trinajstić information content (AvgIpc) is 3.41. The number of carbonyl (C=O) groups is 1. The molecule has 4 heteroatoms. The van der Waals surface area contributed by atoms with E-state index >= 15 is 0 Å². The lowest BCUT2D eigenvalue weighted by Gasteiger charge is -2.22. The molecule has 2 heterocycles. The SMILES string of the molecule is C.O=C1Cc2ccccc2/C1=C1\OCc2cc(CCN3CCC[C@H]3CO)ccc21. The van der Waals surface area contributed by atoms with Crippen LogP contribution in [0.2, 0.25) is 0 Å². The number of ether oxygens (including phenoxy) is 1. The lowest BCUT2D eigenvalue weighted by Crippen LogP contribution is -2.33. The summed E-state index contributed by atoms with van der Waals surface area (Å²) in [6.07, 6.45) is 3.71. The number of carbonyl (C=O) groups excluding carboxylic acids is 1. The number of hydrogen-bond acceptors (Lipinski definition) is 4. The van der Waals surface area contributed by atoms with E-state index in [0.717, 1.165) is 59.5 Å². The minimum atomic E-state index is 0. The summed E-state index contributed by atoms with van der Waals surface area (Å²) in [7, 11) is 0. The molecule has 1 N–H and O–H groups in total. The van der Waals surface area contributed by atoms with E-state index in [1.165, 1.54) is 12.0 Å². The second kappa shape index (κ2) is 8.13.